The van der Waals surface area contributed by atoms with Crippen LogP contribution in [0.4, 0.5) is 13.2 Å². The second kappa shape index (κ2) is 7.52. The van der Waals surface area contributed by atoms with Crippen molar-refractivity contribution in [3.05, 3.63) is 0 Å². The van der Waals surface area contributed by atoms with Crippen molar-refractivity contribution in [2.75, 3.05) is 6.54 Å². The molecular weight excluding hydrogens is 266 g/mol. The predicted molar refractivity (Wildman–Crippen MR) is 53.7 cm³/mol. The Morgan fingerprint density at radius 2 is 1.44 bits per heavy atom. The summed E-state index contributed by atoms with van der Waals surface area (Å²) < 4.78 is 35.9. The predicted octanol–water partition coefficient (Wildman–Crippen LogP) is 2.42. The zero-order chi connectivity index (χ0) is 12.2. The van der Waals surface area contributed by atoms with Crippen molar-refractivity contribution < 1.29 is 35.1 Å². The normalized spacial score (nSPS) is 14.4. The van der Waals surface area contributed by atoms with E-state index >= 15 is 0 Å². The molecule has 0 aromatic rings. The fraction of sp³-hybridized carbons (Fsp3) is 1.00. The van der Waals surface area contributed by atoms with Gasteiger partial charge in [-0.2, -0.15) is 13.2 Å². The quantitative estimate of drug-likeness (QED) is 0.839. The van der Waals surface area contributed by atoms with Gasteiger partial charge in [-0.25, -0.2) is 0 Å². The first kappa shape index (κ1) is 18.6. The second-order valence-electron chi connectivity index (χ2n) is 4.36. The van der Waals surface area contributed by atoms with Gasteiger partial charge in [-0.3, -0.25) is 4.90 Å². The second-order valence-corrected chi connectivity index (χ2v) is 4.36. The van der Waals surface area contributed by atoms with Gasteiger partial charge >= 0.3 is 6.18 Å². The Kier molecular flexibility index (Phi) is 8.74. The average molecular weight is 286 g/mol. The number of nitrogens with zero attached hydrogens (tertiary/aromatic N) is 1. The molecule has 0 aliphatic heterocycles. The fourth-order valence-electron chi connectivity index (χ4n) is 1.59. The van der Waals surface area contributed by atoms with Crippen LogP contribution in [0.1, 0.15) is 34.1 Å². The summed E-state index contributed by atoms with van der Waals surface area (Å²) in [5.74, 6) is 0. The Balaban J connectivity index is 0. The molecule has 2 nitrogen and oxygen atoms in total. The number of hydrogen-bond donors (Lipinski definition) is 1. The first-order valence-electron chi connectivity index (χ1n) is 5.14. The molecule has 0 bridgehead atoms. The number of hydrogen-bond acceptors (Lipinski definition) is 2. The van der Waals surface area contributed by atoms with Crippen molar-refractivity contribution in [1.82, 2.24) is 4.90 Å². The molecule has 0 heterocycles. The van der Waals surface area contributed by atoms with Crippen molar-refractivity contribution in [3.63, 3.8) is 0 Å². The number of rotatable bonds is 5. The van der Waals surface area contributed by atoms with Crippen LogP contribution in [-0.2, 0) is 16.8 Å². The maximum absolute atomic E-state index is 12.0. The van der Waals surface area contributed by atoms with Crippen molar-refractivity contribution >= 4 is 0 Å². The molecule has 0 aliphatic carbocycles. The Bertz CT molecular complexity index is 177. The molecule has 1 N–H and O–H groups in total. The molecule has 0 aliphatic rings. The van der Waals surface area contributed by atoms with Gasteiger partial charge in [-0.15, -0.1) is 0 Å². The van der Waals surface area contributed by atoms with Gasteiger partial charge in [-0.1, -0.05) is 0 Å². The van der Waals surface area contributed by atoms with Crippen LogP contribution >= 0.6 is 0 Å². The maximum atomic E-state index is 12.0. The van der Waals surface area contributed by atoms with E-state index in [1.54, 1.807) is 0 Å². The van der Waals surface area contributed by atoms with E-state index in [-0.39, 0.29) is 35.4 Å². The van der Waals surface area contributed by atoms with Crippen LogP contribution < -0.4 is 0 Å². The number of alkyl halides is 3. The third-order valence-corrected chi connectivity index (χ3v) is 2.22. The Hall–Kier alpha value is 0.216. The average Bonchev–Trinajstić information content (AvgIpc) is 1.95. The van der Waals surface area contributed by atoms with Gasteiger partial charge < -0.3 is 5.11 Å². The van der Waals surface area contributed by atoms with E-state index in [2.05, 4.69) is 0 Å². The van der Waals surface area contributed by atoms with Crippen LogP contribution in [0, 0.1) is 0 Å². The smallest absolute Gasteiger partial charge is 0.391 e. The maximum Gasteiger partial charge on any atom is 0.391 e. The van der Waals surface area contributed by atoms with Crippen molar-refractivity contribution in [1.29, 1.82) is 0 Å². The summed E-state index contributed by atoms with van der Waals surface area (Å²) in [7, 11) is 0. The molecule has 6 heteroatoms. The van der Waals surface area contributed by atoms with Gasteiger partial charge in [0.05, 0.1) is 12.5 Å². The Morgan fingerprint density at radius 1 is 1.06 bits per heavy atom. The minimum Gasteiger partial charge on any atom is -0.391 e. The molecule has 0 saturated heterocycles. The Morgan fingerprint density at radius 3 is 1.69 bits per heavy atom. The van der Waals surface area contributed by atoms with Crippen LogP contribution in [-0.4, -0.2) is 40.9 Å². The Labute approximate surface area is 105 Å². The minimum atomic E-state index is -4.29. The van der Waals surface area contributed by atoms with E-state index in [0.717, 1.165) is 0 Å². The van der Waals surface area contributed by atoms with Crippen LogP contribution in [0.3, 0.4) is 0 Å². The summed E-state index contributed by atoms with van der Waals surface area (Å²) in [6, 6.07) is 0.265. The summed E-state index contributed by atoms with van der Waals surface area (Å²) in [5, 5.41) is 9.29. The molecule has 0 aromatic heterocycles. The molecule has 0 aromatic carbocycles. The molecule has 0 rings (SSSR count). The van der Waals surface area contributed by atoms with Crippen molar-refractivity contribution in [2.45, 2.75) is 58.5 Å². The van der Waals surface area contributed by atoms with E-state index < -0.39 is 18.7 Å². The topological polar surface area (TPSA) is 23.5 Å². The third-order valence-electron chi connectivity index (χ3n) is 2.22. The van der Waals surface area contributed by atoms with E-state index in [0.29, 0.717) is 0 Å². The summed E-state index contributed by atoms with van der Waals surface area (Å²) in [6.45, 7) is 7.68. The van der Waals surface area contributed by atoms with Crippen molar-refractivity contribution in [2.24, 2.45) is 0 Å². The van der Waals surface area contributed by atoms with Gasteiger partial charge in [0.25, 0.3) is 0 Å². The summed E-state index contributed by atoms with van der Waals surface area (Å²) >= 11 is 0. The third kappa shape index (κ3) is 8.38. The standard InChI is InChI=1S/C10H20F3NO.Co/c1-7(2)14(8(3)4)6-9(15)5-10(11,12)13;/h7-9,15H,5-6H2,1-4H3;. The largest absolute Gasteiger partial charge is 0.391 e. The molecule has 1 radical (unpaired) electrons. The molecule has 16 heavy (non-hydrogen) atoms. The summed E-state index contributed by atoms with van der Waals surface area (Å²) in [6.07, 6.45) is -6.77. The monoisotopic (exact) mass is 286 g/mol. The first-order chi connectivity index (χ1) is 6.63. The zero-order valence-corrected chi connectivity index (χ0v) is 11.0. The SMILES string of the molecule is CC(C)N(CC(O)CC(F)(F)F)C(C)C.[Co]. The van der Waals surface area contributed by atoms with Gasteiger partial charge in [0.2, 0.25) is 0 Å². The minimum absolute atomic E-state index is 0. The van der Waals surface area contributed by atoms with Crippen LogP contribution in [0.15, 0.2) is 0 Å². The van der Waals surface area contributed by atoms with E-state index in [1.165, 1.54) is 0 Å². The number of aliphatic hydroxyl groups excluding tert-OH is 1. The zero-order valence-electron chi connectivity index (χ0n) is 10.0. The van der Waals surface area contributed by atoms with Gasteiger partial charge in [-0.05, 0) is 27.7 Å². The molecule has 101 valence electrons. The fourth-order valence-corrected chi connectivity index (χ4v) is 1.59. The molecular formula is C10H20CoF3NO. The molecule has 1 unspecified atom stereocenters. The molecule has 1 atom stereocenters. The summed E-state index contributed by atoms with van der Waals surface area (Å²) in [5.41, 5.74) is 0. The van der Waals surface area contributed by atoms with Gasteiger partial charge in [0.1, 0.15) is 0 Å². The van der Waals surface area contributed by atoms with E-state index in [1.807, 2.05) is 32.6 Å². The van der Waals surface area contributed by atoms with Gasteiger partial charge in [0.15, 0.2) is 0 Å². The van der Waals surface area contributed by atoms with Crippen molar-refractivity contribution in [3.8, 4) is 0 Å². The molecule has 0 saturated carbocycles. The van der Waals surface area contributed by atoms with Crippen LogP contribution in [0.2, 0.25) is 0 Å². The summed E-state index contributed by atoms with van der Waals surface area (Å²) in [4.78, 5) is 1.84. The molecule has 0 fully saturated rings. The molecule has 0 spiro atoms. The molecule has 0 amide bonds. The van der Waals surface area contributed by atoms with Crippen LogP contribution in [0.5, 0.6) is 0 Å². The number of halogens is 3. The van der Waals surface area contributed by atoms with Gasteiger partial charge in [0, 0.05) is 35.4 Å². The van der Waals surface area contributed by atoms with E-state index in [4.69, 9.17) is 0 Å². The first-order valence-corrected chi connectivity index (χ1v) is 5.14. The van der Waals surface area contributed by atoms with E-state index in [9.17, 15) is 18.3 Å². The van der Waals surface area contributed by atoms with Crippen LogP contribution in [0.25, 0.3) is 0 Å². The number of aliphatic hydroxyl groups is 1.